The zero-order valence-electron chi connectivity index (χ0n) is 11.1. The third-order valence-corrected chi connectivity index (χ3v) is 4.15. The molecule has 0 saturated heterocycles. The first-order valence-corrected chi connectivity index (χ1v) is 7.64. The van der Waals surface area contributed by atoms with Crippen LogP contribution in [-0.4, -0.2) is 10.9 Å². The first-order valence-electron chi connectivity index (χ1n) is 6.06. The predicted molar refractivity (Wildman–Crippen MR) is 94.2 cm³/mol. The quantitative estimate of drug-likeness (QED) is 0.777. The molecule has 3 N–H and O–H groups in total. The van der Waals surface area contributed by atoms with E-state index >= 15 is 0 Å². The van der Waals surface area contributed by atoms with Crippen molar-refractivity contribution in [3.8, 4) is 0 Å². The first kappa shape index (κ1) is 15.9. The Morgan fingerprint density at radius 3 is 2.67 bits per heavy atom. The van der Waals surface area contributed by atoms with Crippen LogP contribution in [0.3, 0.4) is 0 Å². The summed E-state index contributed by atoms with van der Waals surface area (Å²) in [6, 6.07) is 10.6. The minimum Gasteiger partial charge on any atom is -0.389 e. The lowest BCUT2D eigenvalue weighted by atomic mass is 10.1. The number of carbonyl (C=O) groups is 1. The van der Waals surface area contributed by atoms with Gasteiger partial charge in [0.05, 0.1) is 16.3 Å². The maximum absolute atomic E-state index is 12.4. The van der Waals surface area contributed by atoms with Gasteiger partial charge in [0.15, 0.2) is 0 Å². The van der Waals surface area contributed by atoms with Gasteiger partial charge in [-0.3, -0.25) is 4.79 Å². The van der Waals surface area contributed by atoms with Crippen LogP contribution in [0, 0.1) is 6.92 Å². The Bertz CT molecular complexity index is 734. The molecule has 1 amide bonds. The number of nitrogens with one attached hydrogen (secondary N) is 1. The molecule has 3 nitrogen and oxygen atoms in total. The fourth-order valence-corrected chi connectivity index (χ4v) is 2.60. The molecule has 0 bridgehead atoms. The molecule has 2 aromatic rings. The summed E-state index contributed by atoms with van der Waals surface area (Å²) in [5, 5.41) is 3.23. The number of thiocarbonyl (C=S) groups is 1. The summed E-state index contributed by atoms with van der Waals surface area (Å²) in [6.45, 7) is 1.85. The Hall–Kier alpha value is -1.43. The number of carbonyl (C=O) groups excluding carboxylic acids is 1. The van der Waals surface area contributed by atoms with Crippen LogP contribution in [-0.2, 0) is 0 Å². The number of hydrogen-bond acceptors (Lipinski definition) is 2. The van der Waals surface area contributed by atoms with E-state index in [1.807, 2.05) is 19.1 Å². The van der Waals surface area contributed by atoms with E-state index in [4.69, 9.17) is 29.6 Å². The number of anilines is 1. The molecule has 0 unspecified atom stereocenters. The fourth-order valence-electron chi connectivity index (χ4n) is 1.85. The Morgan fingerprint density at radius 2 is 2.00 bits per heavy atom. The van der Waals surface area contributed by atoms with Crippen molar-refractivity contribution in [2.24, 2.45) is 5.73 Å². The summed E-state index contributed by atoms with van der Waals surface area (Å²) in [5.41, 5.74) is 8.06. The van der Waals surface area contributed by atoms with Gasteiger partial charge in [0.2, 0.25) is 0 Å². The number of benzene rings is 2. The zero-order valence-corrected chi connectivity index (χ0v) is 14.3. The highest BCUT2D eigenvalue weighted by Gasteiger charge is 2.14. The maximum Gasteiger partial charge on any atom is 0.257 e. The molecule has 108 valence electrons. The van der Waals surface area contributed by atoms with Gasteiger partial charge in [-0.05, 0) is 36.8 Å². The summed E-state index contributed by atoms with van der Waals surface area (Å²) >= 11 is 14.5. The third kappa shape index (κ3) is 3.61. The molecule has 0 heterocycles. The number of hydrogen-bond donors (Lipinski definition) is 2. The lowest BCUT2D eigenvalue weighted by Gasteiger charge is -2.12. The zero-order chi connectivity index (χ0) is 15.6. The highest BCUT2D eigenvalue weighted by molar-refractivity contribution is 9.10. The maximum atomic E-state index is 12.4. The molecule has 0 aliphatic carbocycles. The summed E-state index contributed by atoms with van der Waals surface area (Å²) in [7, 11) is 0. The number of halogens is 2. The van der Waals surface area contributed by atoms with Gasteiger partial charge in [-0.2, -0.15) is 0 Å². The van der Waals surface area contributed by atoms with E-state index in [-0.39, 0.29) is 10.9 Å². The van der Waals surface area contributed by atoms with E-state index in [9.17, 15) is 4.79 Å². The van der Waals surface area contributed by atoms with Gasteiger partial charge in [0.1, 0.15) is 4.99 Å². The number of amides is 1. The van der Waals surface area contributed by atoms with Crippen LogP contribution in [0.15, 0.2) is 40.9 Å². The van der Waals surface area contributed by atoms with Crippen molar-refractivity contribution in [1.82, 2.24) is 0 Å². The van der Waals surface area contributed by atoms with Crippen LogP contribution < -0.4 is 11.1 Å². The largest absolute Gasteiger partial charge is 0.389 e. The summed E-state index contributed by atoms with van der Waals surface area (Å²) in [4.78, 5) is 12.6. The average Bonchev–Trinajstić information content (AvgIpc) is 2.41. The molecule has 0 saturated carbocycles. The number of nitrogens with two attached hydrogens (primary N) is 1. The van der Waals surface area contributed by atoms with Gasteiger partial charge in [-0.15, -0.1) is 0 Å². The Morgan fingerprint density at radius 1 is 1.29 bits per heavy atom. The van der Waals surface area contributed by atoms with Gasteiger partial charge >= 0.3 is 0 Å². The van der Waals surface area contributed by atoms with Gasteiger partial charge in [0.25, 0.3) is 5.91 Å². The van der Waals surface area contributed by atoms with Crippen molar-refractivity contribution in [2.45, 2.75) is 6.92 Å². The molecule has 0 aromatic heterocycles. The second-order valence-corrected chi connectivity index (χ2v) is 6.18. The van der Waals surface area contributed by atoms with Crippen molar-refractivity contribution in [3.63, 3.8) is 0 Å². The van der Waals surface area contributed by atoms with Crippen LogP contribution in [0.25, 0.3) is 0 Å². The van der Waals surface area contributed by atoms with Gasteiger partial charge in [-0.1, -0.05) is 51.9 Å². The van der Waals surface area contributed by atoms with Gasteiger partial charge in [-0.25, -0.2) is 0 Å². The monoisotopic (exact) mass is 382 g/mol. The minimum absolute atomic E-state index is 0.216. The highest BCUT2D eigenvalue weighted by Crippen LogP contribution is 2.25. The molecule has 2 aromatic carbocycles. The second kappa shape index (κ2) is 6.56. The Balaban J connectivity index is 2.38. The van der Waals surface area contributed by atoms with Crippen LogP contribution in [0.2, 0.25) is 5.02 Å². The summed E-state index contributed by atoms with van der Waals surface area (Å²) in [5.74, 6) is -0.306. The van der Waals surface area contributed by atoms with Crippen LogP contribution >= 0.6 is 39.7 Å². The van der Waals surface area contributed by atoms with Crippen LogP contribution in [0.1, 0.15) is 21.5 Å². The van der Waals surface area contributed by atoms with Crippen LogP contribution in [0.5, 0.6) is 0 Å². The van der Waals surface area contributed by atoms with Crippen LogP contribution in [0.4, 0.5) is 5.69 Å². The molecular formula is C15H12BrClN2OS. The van der Waals surface area contributed by atoms with Crippen molar-refractivity contribution < 1.29 is 4.79 Å². The fraction of sp³-hybridized carbons (Fsp3) is 0.0667. The molecular weight excluding hydrogens is 372 g/mol. The highest BCUT2D eigenvalue weighted by atomic mass is 79.9. The molecule has 0 aliphatic rings. The molecule has 0 spiro atoms. The SMILES string of the molecule is Cc1cccc(C(=O)Nc2cc(Br)ccc2C(N)=S)c1Cl. The minimum atomic E-state index is -0.306. The lowest BCUT2D eigenvalue weighted by molar-refractivity contribution is 0.102. The summed E-state index contributed by atoms with van der Waals surface area (Å²) in [6.07, 6.45) is 0. The molecule has 6 heteroatoms. The topological polar surface area (TPSA) is 55.1 Å². The Labute approximate surface area is 141 Å². The molecule has 0 fully saturated rings. The van der Waals surface area contributed by atoms with E-state index in [1.165, 1.54) is 0 Å². The van der Waals surface area contributed by atoms with Crippen molar-refractivity contribution >= 4 is 56.3 Å². The normalized spacial score (nSPS) is 10.2. The number of rotatable bonds is 3. The molecule has 0 atom stereocenters. The van der Waals surface area contributed by atoms with E-state index in [0.29, 0.717) is 21.8 Å². The van der Waals surface area contributed by atoms with Crippen molar-refractivity contribution in [1.29, 1.82) is 0 Å². The molecule has 2 rings (SSSR count). The van der Waals surface area contributed by atoms with Crippen molar-refractivity contribution in [2.75, 3.05) is 5.32 Å². The summed E-state index contributed by atoms with van der Waals surface area (Å²) < 4.78 is 0.813. The Kier molecular flexibility index (Phi) is 4.98. The van der Waals surface area contributed by atoms with Crippen molar-refractivity contribution in [3.05, 3.63) is 62.6 Å². The smallest absolute Gasteiger partial charge is 0.257 e. The van der Waals surface area contributed by atoms with E-state index in [1.54, 1.807) is 24.3 Å². The van der Waals surface area contributed by atoms with E-state index in [0.717, 1.165) is 10.0 Å². The number of aryl methyl sites for hydroxylation is 1. The molecule has 21 heavy (non-hydrogen) atoms. The first-order chi connectivity index (χ1) is 9.90. The van der Waals surface area contributed by atoms with E-state index in [2.05, 4.69) is 21.2 Å². The van der Waals surface area contributed by atoms with E-state index < -0.39 is 0 Å². The van der Waals surface area contributed by atoms with Gasteiger partial charge in [0, 0.05) is 10.0 Å². The molecule has 0 radical (unpaired) electrons. The third-order valence-electron chi connectivity index (χ3n) is 2.93. The standard InChI is InChI=1S/C15H12BrClN2OS/c1-8-3-2-4-11(13(8)17)15(20)19-12-7-9(16)5-6-10(12)14(18)21/h2-7H,1H3,(H2,18,21)(H,19,20). The second-order valence-electron chi connectivity index (χ2n) is 4.44. The average molecular weight is 384 g/mol. The predicted octanol–water partition coefficient (Wildman–Crippen LogP) is 4.30. The lowest BCUT2D eigenvalue weighted by Crippen LogP contribution is -2.18. The molecule has 0 aliphatic heterocycles. The van der Waals surface area contributed by atoms with Gasteiger partial charge < -0.3 is 11.1 Å².